The predicted octanol–water partition coefficient (Wildman–Crippen LogP) is 5.43. The zero-order chi connectivity index (χ0) is 44.4. The third-order valence-corrected chi connectivity index (χ3v) is 8.81. The molecule has 9 N–H and O–H groups in total. The molecule has 0 fully saturated rings. The molecule has 0 saturated carbocycles. The van der Waals surface area contributed by atoms with Crippen molar-refractivity contribution in [1.82, 2.24) is 5.32 Å². The number of nitrogens with zero attached hydrogens (tertiary/aromatic N) is 1. The number of carbonyl (C=O) groups excluding carboxylic acids is 6. The Morgan fingerprint density at radius 3 is 1.69 bits per heavy atom. The van der Waals surface area contributed by atoms with Crippen molar-refractivity contribution in [2.24, 2.45) is 5.73 Å². The number of benzene rings is 5. The van der Waals surface area contributed by atoms with Crippen LogP contribution in [0, 0.1) is 18.3 Å². The Morgan fingerprint density at radius 1 is 0.672 bits per heavy atom. The minimum atomic E-state index is -1.39. The maximum Gasteiger partial charge on any atom is 0.335 e. The zero-order valence-electron chi connectivity index (χ0n) is 32.9. The van der Waals surface area contributed by atoms with Crippen LogP contribution in [0.4, 0.5) is 22.7 Å². The maximum atomic E-state index is 13.3. The molecule has 0 aliphatic rings. The van der Waals surface area contributed by atoms with Gasteiger partial charge in [0, 0.05) is 33.8 Å². The second-order valence-corrected chi connectivity index (χ2v) is 13.7. The van der Waals surface area contributed by atoms with Gasteiger partial charge < -0.3 is 47.3 Å². The van der Waals surface area contributed by atoms with E-state index in [1.807, 2.05) is 6.07 Å². The molecule has 5 aromatic rings. The quantitative estimate of drug-likeness (QED) is 0.0659. The fourth-order valence-electron chi connectivity index (χ4n) is 5.77. The number of aromatic carboxylic acids is 1. The van der Waals surface area contributed by atoms with Crippen molar-refractivity contribution in [3.8, 4) is 17.6 Å². The number of hydrogen-bond donors (Lipinski definition) is 8. The number of ether oxygens (including phenoxy) is 1. The van der Waals surface area contributed by atoms with E-state index in [4.69, 9.17) is 20.8 Å². The molecule has 6 amide bonds. The molecule has 0 spiro atoms. The fraction of sp³-hybridized carbons (Fsp3) is 0.136. The van der Waals surface area contributed by atoms with Crippen molar-refractivity contribution < 1.29 is 48.5 Å². The Morgan fingerprint density at radius 2 is 1.18 bits per heavy atom. The summed E-state index contributed by atoms with van der Waals surface area (Å²) in [6.07, 6.45) is -1.02. The number of carboxylic acid groups (broad SMARTS) is 1. The first-order valence-electron chi connectivity index (χ1n) is 18.4. The predicted molar refractivity (Wildman–Crippen MR) is 224 cm³/mol. The Balaban J connectivity index is 1.22. The van der Waals surface area contributed by atoms with Crippen LogP contribution >= 0.6 is 0 Å². The highest BCUT2D eigenvalue weighted by molar-refractivity contribution is 6.10. The van der Waals surface area contributed by atoms with Gasteiger partial charge in [0.1, 0.15) is 6.04 Å². The van der Waals surface area contributed by atoms with E-state index < -0.39 is 65.7 Å². The second-order valence-electron chi connectivity index (χ2n) is 13.7. The van der Waals surface area contributed by atoms with Crippen LogP contribution in [-0.2, 0) is 9.59 Å². The highest BCUT2D eigenvalue weighted by Gasteiger charge is 2.25. The lowest BCUT2D eigenvalue weighted by molar-refractivity contribution is -0.123. The van der Waals surface area contributed by atoms with Crippen LogP contribution in [-0.4, -0.2) is 63.8 Å². The number of phenols is 1. The number of aryl methyl sites for hydroxylation is 1. The molecule has 0 bridgehead atoms. The largest absolute Gasteiger partial charge is 0.504 e. The normalized spacial score (nSPS) is 11.0. The minimum absolute atomic E-state index is 0.0198. The summed E-state index contributed by atoms with van der Waals surface area (Å²) < 4.78 is 5.77. The number of rotatable bonds is 15. The lowest BCUT2D eigenvalue weighted by Gasteiger charge is -2.19. The Bertz CT molecular complexity index is 2570. The van der Waals surface area contributed by atoms with Gasteiger partial charge in [-0.25, -0.2) is 4.79 Å². The van der Waals surface area contributed by atoms with E-state index in [9.17, 15) is 38.7 Å². The van der Waals surface area contributed by atoms with Crippen LogP contribution in [0.3, 0.4) is 0 Å². The van der Waals surface area contributed by atoms with Crippen molar-refractivity contribution >= 4 is 64.2 Å². The van der Waals surface area contributed by atoms with Gasteiger partial charge in [0.15, 0.2) is 11.5 Å². The fourth-order valence-corrected chi connectivity index (χ4v) is 5.77. The van der Waals surface area contributed by atoms with Crippen molar-refractivity contribution in [3.63, 3.8) is 0 Å². The summed E-state index contributed by atoms with van der Waals surface area (Å²) in [5.41, 5.74) is 7.73. The molecule has 1 atom stereocenters. The number of amides is 6. The van der Waals surface area contributed by atoms with E-state index in [1.165, 1.54) is 97.1 Å². The first-order valence-corrected chi connectivity index (χ1v) is 18.4. The smallest absolute Gasteiger partial charge is 0.335 e. The molecule has 0 aliphatic carbocycles. The number of aromatic hydroxyl groups is 1. The molecule has 0 radical (unpaired) electrons. The summed E-state index contributed by atoms with van der Waals surface area (Å²) in [5.74, 6) is -6.01. The molecule has 0 aromatic heterocycles. The van der Waals surface area contributed by atoms with E-state index in [-0.39, 0.29) is 45.1 Å². The van der Waals surface area contributed by atoms with Crippen LogP contribution in [0.15, 0.2) is 103 Å². The molecule has 61 heavy (non-hydrogen) atoms. The van der Waals surface area contributed by atoms with Crippen molar-refractivity contribution in [2.75, 3.05) is 21.3 Å². The molecule has 17 nitrogen and oxygen atoms in total. The van der Waals surface area contributed by atoms with E-state index in [0.29, 0.717) is 22.4 Å². The molecule has 310 valence electrons. The van der Waals surface area contributed by atoms with Crippen LogP contribution in [0.1, 0.15) is 83.2 Å². The number of anilines is 4. The summed E-state index contributed by atoms with van der Waals surface area (Å²) >= 11 is 0. The molecular weight excluding hydrogens is 787 g/mol. The maximum absolute atomic E-state index is 13.3. The number of nitrogens with one attached hydrogen (secondary N) is 5. The Kier molecular flexibility index (Phi) is 13.8. The molecule has 0 saturated heterocycles. The lowest BCUT2D eigenvalue weighted by Crippen LogP contribution is -2.46. The van der Waals surface area contributed by atoms with Gasteiger partial charge in [-0.2, -0.15) is 5.26 Å². The molecule has 0 aliphatic heterocycles. The molecule has 1 unspecified atom stereocenters. The van der Waals surface area contributed by atoms with Gasteiger partial charge >= 0.3 is 5.97 Å². The van der Waals surface area contributed by atoms with Crippen molar-refractivity contribution in [1.29, 1.82) is 5.26 Å². The average Bonchev–Trinajstić information content (AvgIpc) is 3.22. The monoisotopic (exact) mass is 825 g/mol. The summed E-state index contributed by atoms with van der Waals surface area (Å²) in [6.45, 7) is 5.06. The number of carboxylic acids is 1. The highest BCUT2D eigenvalue weighted by Crippen LogP contribution is 2.39. The van der Waals surface area contributed by atoms with Gasteiger partial charge in [0.05, 0.1) is 41.0 Å². The SMILES string of the molecule is Cc1cc(C#N)ccc1C(=O)Nc1ccc(C(=O)NC(CC(N)=O)C(=O)Nc2ccc(C(=O)Nc3ccc(C(=O)Nc4ccc(C(=O)O)cc4)c(O)c3OC(C)C)cc2)cc1. The van der Waals surface area contributed by atoms with Crippen molar-refractivity contribution in [3.05, 3.63) is 142 Å². The number of phenolic OH excluding ortho intramolecular Hbond substituents is 1. The molecule has 5 rings (SSSR count). The second kappa shape index (κ2) is 19.3. The summed E-state index contributed by atoms with van der Waals surface area (Å²) in [6, 6.07) is 24.7. The number of primary amides is 1. The van der Waals surface area contributed by atoms with Crippen LogP contribution in [0.2, 0.25) is 0 Å². The Hall–Kier alpha value is -8.52. The van der Waals surface area contributed by atoms with Crippen molar-refractivity contribution in [2.45, 2.75) is 39.3 Å². The van der Waals surface area contributed by atoms with Crippen LogP contribution < -0.4 is 37.1 Å². The summed E-state index contributed by atoms with van der Waals surface area (Å²) in [4.78, 5) is 88.5. The first-order chi connectivity index (χ1) is 29.0. The Labute approximate surface area is 348 Å². The zero-order valence-corrected chi connectivity index (χ0v) is 32.9. The number of carbonyl (C=O) groups is 7. The topological polar surface area (TPSA) is 279 Å². The van der Waals surface area contributed by atoms with Gasteiger partial charge in [-0.3, -0.25) is 28.8 Å². The standard InChI is InChI=1S/C44H39N7O10/c1-23(2)61-38-34(19-18-33(37(38)53)42(57)48-30-15-9-28(10-16-30)44(59)60)50-39(54)26-7-13-31(14-8-26)49-43(58)35(21-36(46)52)51-40(55)27-5-11-29(12-6-27)47-41(56)32-17-4-25(22-45)20-24(32)3/h4-20,23,35,53H,21H2,1-3H3,(H2,46,52)(H,47,56)(H,48,57)(H,49,58)(H,50,54)(H,51,55)(H,59,60). The molecule has 17 heteroatoms. The van der Waals surface area contributed by atoms with Gasteiger partial charge in [-0.05, 0) is 129 Å². The van der Waals surface area contributed by atoms with Gasteiger partial charge in [-0.1, -0.05) is 0 Å². The minimum Gasteiger partial charge on any atom is -0.504 e. The first kappa shape index (κ1) is 43.6. The van der Waals surface area contributed by atoms with E-state index in [1.54, 1.807) is 26.8 Å². The molecule has 5 aromatic carbocycles. The summed E-state index contributed by atoms with van der Waals surface area (Å²) in [5, 5.41) is 42.3. The third kappa shape index (κ3) is 11.3. The van der Waals surface area contributed by atoms with Gasteiger partial charge in [-0.15, -0.1) is 0 Å². The number of hydrogen-bond acceptors (Lipinski definition) is 10. The lowest BCUT2D eigenvalue weighted by atomic mass is 10.0. The van der Waals surface area contributed by atoms with Gasteiger partial charge in [0.25, 0.3) is 23.6 Å². The summed E-state index contributed by atoms with van der Waals surface area (Å²) in [7, 11) is 0. The number of nitrogens with two attached hydrogens (primary N) is 1. The highest BCUT2D eigenvalue weighted by atomic mass is 16.5. The average molecular weight is 826 g/mol. The molecule has 0 heterocycles. The van der Waals surface area contributed by atoms with Gasteiger partial charge in [0.2, 0.25) is 11.8 Å². The molecular formula is C44H39N7O10. The van der Waals surface area contributed by atoms with E-state index in [0.717, 1.165) is 0 Å². The van der Waals surface area contributed by atoms with E-state index >= 15 is 0 Å². The number of nitriles is 1. The van der Waals surface area contributed by atoms with Crippen LogP contribution in [0.25, 0.3) is 0 Å². The van der Waals surface area contributed by atoms with Crippen LogP contribution in [0.5, 0.6) is 11.5 Å². The third-order valence-electron chi connectivity index (χ3n) is 8.81. The van der Waals surface area contributed by atoms with E-state index in [2.05, 4.69) is 26.6 Å².